The molecular weight excluding hydrogens is 455 g/mol. The Labute approximate surface area is 200 Å². The lowest BCUT2D eigenvalue weighted by Gasteiger charge is -2.34. The Morgan fingerprint density at radius 1 is 1.26 bits per heavy atom. The number of carbonyl (C=O) groups is 1. The molecule has 1 aliphatic heterocycles. The third kappa shape index (κ3) is 4.22. The molecule has 0 saturated carbocycles. The Balaban J connectivity index is 1.59. The van der Waals surface area contributed by atoms with Gasteiger partial charge in [-0.15, -0.1) is 0 Å². The molecule has 0 radical (unpaired) electrons. The van der Waals surface area contributed by atoms with Gasteiger partial charge in [-0.3, -0.25) is 4.79 Å². The molecule has 3 aromatic rings. The van der Waals surface area contributed by atoms with Crippen molar-refractivity contribution in [2.45, 2.75) is 25.6 Å². The molecule has 2 atom stereocenters. The second kappa shape index (κ2) is 8.73. The molecule has 1 aliphatic carbocycles. The Kier molecular flexibility index (Phi) is 5.71. The monoisotopic (exact) mass is 480 g/mol. The molecule has 1 amide bonds. The van der Waals surface area contributed by atoms with Crippen LogP contribution in [0, 0.1) is 5.82 Å². The molecule has 0 spiro atoms. The van der Waals surface area contributed by atoms with E-state index in [-0.39, 0.29) is 17.8 Å². The zero-order chi connectivity index (χ0) is 24.9. The van der Waals surface area contributed by atoms with Crippen molar-refractivity contribution in [2.75, 3.05) is 29.7 Å². The molecule has 1 aromatic carbocycles. The number of pyridine rings is 1. The number of benzene rings is 1. The van der Waals surface area contributed by atoms with E-state index < -0.39 is 12.0 Å². The summed E-state index contributed by atoms with van der Waals surface area (Å²) in [5.74, 6) is -0.424. The molecule has 2 aliphatic rings. The summed E-state index contributed by atoms with van der Waals surface area (Å²) in [5.41, 5.74) is 6.99. The summed E-state index contributed by atoms with van der Waals surface area (Å²) >= 11 is 0. The average molecular weight is 481 g/mol. The predicted molar refractivity (Wildman–Crippen MR) is 127 cm³/mol. The number of carbonyl (C=O) groups excluding carboxylic acids is 1. The standard InChI is InChI=1S/C23H25FN8O3/c1-11-19-20(29-32(3)28-19)14-7-13(24)8-17(21(14)31(11)2)26-16-9-18(27-22(33)12-5-6-12)25-10-15(16)23(34)30-35-4/h5,7-11,23,30,34H,6H2,1-4H3,(H2,25,26,27,33)/t11-,23?/m0/s1. The number of hydrogen-bond acceptors (Lipinski definition) is 9. The number of aromatic nitrogens is 4. The van der Waals surface area contributed by atoms with Crippen molar-refractivity contribution in [3.63, 3.8) is 0 Å². The number of aliphatic hydroxyl groups excluding tert-OH is 1. The summed E-state index contributed by atoms with van der Waals surface area (Å²) in [6.45, 7) is 1.99. The first-order valence-electron chi connectivity index (χ1n) is 11.0. The second-order valence-corrected chi connectivity index (χ2v) is 8.45. The number of fused-ring (bicyclic) bond motifs is 3. The Bertz CT molecular complexity index is 1350. The van der Waals surface area contributed by atoms with Crippen LogP contribution in [0.1, 0.15) is 36.9 Å². The molecule has 0 fully saturated rings. The third-order valence-corrected chi connectivity index (χ3v) is 6.07. The van der Waals surface area contributed by atoms with E-state index in [9.17, 15) is 14.3 Å². The molecule has 2 aromatic heterocycles. The predicted octanol–water partition coefficient (Wildman–Crippen LogP) is 2.68. The van der Waals surface area contributed by atoms with Crippen LogP contribution < -0.4 is 21.0 Å². The van der Waals surface area contributed by atoms with E-state index in [1.54, 1.807) is 13.1 Å². The summed E-state index contributed by atoms with van der Waals surface area (Å²) in [7, 11) is 5.00. The Morgan fingerprint density at radius 2 is 2.03 bits per heavy atom. The topological polar surface area (TPSA) is 129 Å². The number of nitrogens with one attached hydrogen (secondary N) is 3. The highest BCUT2D eigenvalue weighted by Gasteiger charge is 2.33. The van der Waals surface area contributed by atoms with E-state index in [0.717, 1.165) is 11.4 Å². The molecule has 1 unspecified atom stereocenters. The largest absolute Gasteiger partial charge is 0.372 e. The van der Waals surface area contributed by atoms with E-state index in [0.29, 0.717) is 40.2 Å². The van der Waals surface area contributed by atoms with E-state index in [4.69, 9.17) is 4.84 Å². The van der Waals surface area contributed by atoms with Crippen molar-refractivity contribution < 1.29 is 19.1 Å². The summed E-state index contributed by atoms with van der Waals surface area (Å²) in [5, 5.41) is 25.4. The number of hydrogen-bond donors (Lipinski definition) is 4. The van der Waals surface area contributed by atoms with Gasteiger partial charge < -0.3 is 25.5 Å². The Morgan fingerprint density at radius 3 is 2.74 bits per heavy atom. The highest BCUT2D eigenvalue weighted by Crippen LogP contribution is 2.47. The quantitative estimate of drug-likeness (QED) is 0.298. The minimum Gasteiger partial charge on any atom is -0.372 e. The normalized spacial score (nSPS) is 16.8. The Hall–Kier alpha value is -3.87. The summed E-state index contributed by atoms with van der Waals surface area (Å²) < 4.78 is 14.8. The zero-order valence-corrected chi connectivity index (χ0v) is 19.6. The third-order valence-electron chi connectivity index (χ3n) is 6.07. The molecule has 0 bridgehead atoms. The first-order valence-corrected chi connectivity index (χ1v) is 11.0. The lowest BCUT2D eigenvalue weighted by atomic mass is 9.96. The number of amides is 1. The van der Waals surface area contributed by atoms with Gasteiger partial charge in [0, 0.05) is 43.1 Å². The second-order valence-electron chi connectivity index (χ2n) is 8.45. The van der Waals surface area contributed by atoms with Crippen LogP contribution >= 0.6 is 0 Å². The van der Waals surface area contributed by atoms with Crippen LogP contribution in [-0.2, 0) is 16.7 Å². The summed E-state index contributed by atoms with van der Waals surface area (Å²) in [6.07, 6.45) is 2.63. The smallest absolute Gasteiger partial charge is 0.252 e. The van der Waals surface area contributed by atoms with Gasteiger partial charge >= 0.3 is 0 Å². The number of hydroxylamine groups is 1. The van der Waals surface area contributed by atoms with Crippen molar-refractivity contribution >= 4 is 28.8 Å². The van der Waals surface area contributed by atoms with Crippen molar-refractivity contribution in [1.82, 2.24) is 25.5 Å². The van der Waals surface area contributed by atoms with Crippen LogP contribution in [0.25, 0.3) is 11.3 Å². The van der Waals surface area contributed by atoms with Gasteiger partial charge in [-0.25, -0.2) is 9.37 Å². The lowest BCUT2D eigenvalue weighted by molar-refractivity contribution is -0.112. The van der Waals surface area contributed by atoms with E-state index in [2.05, 4.69) is 31.3 Å². The molecule has 0 saturated heterocycles. The van der Waals surface area contributed by atoms with Gasteiger partial charge in [0.25, 0.3) is 5.91 Å². The molecule has 3 heterocycles. The number of aliphatic hydroxyl groups is 1. The van der Waals surface area contributed by atoms with Gasteiger partial charge in [-0.2, -0.15) is 20.5 Å². The van der Waals surface area contributed by atoms with Crippen molar-refractivity contribution in [1.29, 1.82) is 0 Å². The van der Waals surface area contributed by atoms with Gasteiger partial charge in [0.15, 0.2) is 6.23 Å². The van der Waals surface area contributed by atoms with Gasteiger partial charge in [0.05, 0.1) is 30.2 Å². The number of anilines is 4. The first kappa shape index (κ1) is 22.9. The minimum atomic E-state index is -1.24. The van der Waals surface area contributed by atoms with Gasteiger partial charge in [0.2, 0.25) is 0 Å². The fourth-order valence-corrected chi connectivity index (χ4v) is 4.14. The fourth-order valence-electron chi connectivity index (χ4n) is 4.14. The van der Waals surface area contributed by atoms with Crippen LogP contribution in [0.3, 0.4) is 0 Å². The van der Waals surface area contributed by atoms with E-state index in [1.165, 1.54) is 30.2 Å². The van der Waals surface area contributed by atoms with Crippen LogP contribution in [0.5, 0.6) is 0 Å². The summed E-state index contributed by atoms with van der Waals surface area (Å²) in [4.78, 5) is 24.8. The SMILES string of the molecule is CONC(O)c1cnc(NC(=O)C2=CC2)cc1Nc1cc(F)cc2c1N(C)[C@@H](C)c1nn(C)nc1-2. The van der Waals surface area contributed by atoms with E-state index in [1.807, 2.05) is 24.9 Å². The van der Waals surface area contributed by atoms with Gasteiger partial charge in [-0.1, -0.05) is 6.08 Å². The lowest BCUT2D eigenvalue weighted by Crippen LogP contribution is -2.27. The zero-order valence-electron chi connectivity index (χ0n) is 19.6. The molecule has 11 nitrogen and oxygen atoms in total. The molecule has 12 heteroatoms. The van der Waals surface area contributed by atoms with Crippen LogP contribution in [0.4, 0.5) is 27.3 Å². The maximum atomic E-state index is 14.8. The summed E-state index contributed by atoms with van der Waals surface area (Å²) in [6, 6.07) is 4.27. The number of halogens is 1. The van der Waals surface area contributed by atoms with Crippen molar-refractivity contribution in [3.8, 4) is 11.3 Å². The highest BCUT2D eigenvalue weighted by molar-refractivity contribution is 6.06. The molecule has 182 valence electrons. The average Bonchev–Trinajstić information content (AvgIpc) is 3.59. The maximum Gasteiger partial charge on any atom is 0.252 e. The van der Waals surface area contributed by atoms with Crippen molar-refractivity contribution in [3.05, 3.63) is 53.1 Å². The molecular formula is C23H25FN8O3. The van der Waals surface area contributed by atoms with Gasteiger partial charge in [0.1, 0.15) is 23.0 Å². The fraction of sp³-hybridized carbons (Fsp3) is 0.304. The maximum absolute atomic E-state index is 14.8. The number of nitrogens with zero attached hydrogens (tertiary/aromatic N) is 5. The van der Waals surface area contributed by atoms with Crippen LogP contribution in [0.2, 0.25) is 0 Å². The van der Waals surface area contributed by atoms with E-state index >= 15 is 0 Å². The minimum absolute atomic E-state index is 0.114. The molecule has 35 heavy (non-hydrogen) atoms. The van der Waals surface area contributed by atoms with Crippen molar-refractivity contribution in [2.24, 2.45) is 7.05 Å². The highest BCUT2D eigenvalue weighted by atomic mass is 19.1. The number of allylic oxidation sites excluding steroid dienone is 1. The number of aryl methyl sites for hydroxylation is 1. The van der Waals surface area contributed by atoms with Crippen LogP contribution in [-0.4, -0.2) is 45.1 Å². The molecule has 4 N–H and O–H groups in total. The first-order chi connectivity index (χ1) is 16.8. The van der Waals surface area contributed by atoms with Gasteiger partial charge in [-0.05, 0) is 25.5 Å². The molecule has 5 rings (SSSR count). The number of rotatable bonds is 7. The van der Waals surface area contributed by atoms with Crippen LogP contribution in [0.15, 0.2) is 36.0 Å².